The summed E-state index contributed by atoms with van der Waals surface area (Å²) in [6.07, 6.45) is 13.9. The number of aromatic amines is 1. The summed E-state index contributed by atoms with van der Waals surface area (Å²) in [6, 6.07) is 17.4. The minimum atomic E-state index is -0.385. The minimum absolute atomic E-state index is 0.0976. The first-order chi connectivity index (χ1) is 19.9. The standard InChI is InChI=1S/C22H26N4O3.C8H10O.C3H6/c1-14(2)29-20-12-19-15(13-26(25-19)16-7-4-3-5-8-16)11-17(20)21(27)24-18-9-6-10-23-22(18)28;1-9-7-8-5-3-2-4-6-8;1-2-3-1/h6,9-14,16H,3-5,7-8H2,1-2H3,(H,23,28)(H,24,27);2-6H,7H2,1H3;1-3H2. The van der Waals surface area contributed by atoms with Gasteiger partial charge < -0.3 is 19.8 Å². The van der Waals surface area contributed by atoms with E-state index in [-0.39, 0.29) is 23.3 Å². The molecule has 4 aromatic rings. The second-order valence-corrected chi connectivity index (χ2v) is 10.8. The van der Waals surface area contributed by atoms with Crippen LogP contribution in [0.4, 0.5) is 5.69 Å². The van der Waals surface area contributed by atoms with Crippen molar-refractivity contribution in [2.75, 3.05) is 12.4 Å². The third kappa shape index (κ3) is 9.32. The summed E-state index contributed by atoms with van der Waals surface area (Å²) in [6.45, 7) is 4.53. The van der Waals surface area contributed by atoms with Crippen molar-refractivity contribution in [2.45, 2.75) is 84.0 Å². The number of carbonyl (C=O) groups is 1. The van der Waals surface area contributed by atoms with Gasteiger partial charge in [0, 0.05) is 31.0 Å². The molecule has 6 rings (SSSR count). The number of nitrogens with one attached hydrogen (secondary N) is 2. The molecular formula is C33H42N4O4. The van der Waals surface area contributed by atoms with Crippen LogP contribution in [0.3, 0.4) is 0 Å². The van der Waals surface area contributed by atoms with Crippen LogP contribution in [0.25, 0.3) is 10.9 Å². The number of fused-ring (bicyclic) bond motifs is 1. The molecule has 2 aliphatic rings. The molecule has 2 fully saturated rings. The topological polar surface area (TPSA) is 98.2 Å². The van der Waals surface area contributed by atoms with Gasteiger partial charge in [-0.05, 0) is 50.5 Å². The Morgan fingerprint density at radius 3 is 2.37 bits per heavy atom. The number of rotatable bonds is 7. The van der Waals surface area contributed by atoms with E-state index in [0.29, 0.717) is 24.0 Å². The van der Waals surface area contributed by atoms with Gasteiger partial charge in [0.2, 0.25) is 0 Å². The maximum atomic E-state index is 12.9. The average molecular weight is 559 g/mol. The largest absolute Gasteiger partial charge is 0.490 e. The second kappa shape index (κ2) is 15.2. The van der Waals surface area contributed by atoms with Gasteiger partial charge in [0.15, 0.2) is 0 Å². The third-order valence-electron chi connectivity index (χ3n) is 6.75. The number of hydrogen-bond acceptors (Lipinski definition) is 5. The van der Waals surface area contributed by atoms with Gasteiger partial charge in [-0.1, -0.05) is 68.9 Å². The zero-order valence-electron chi connectivity index (χ0n) is 24.4. The zero-order chi connectivity index (χ0) is 29.0. The van der Waals surface area contributed by atoms with Gasteiger partial charge in [-0.25, -0.2) is 0 Å². The minimum Gasteiger partial charge on any atom is -0.490 e. The molecule has 2 aromatic carbocycles. The first-order valence-electron chi connectivity index (χ1n) is 14.7. The van der Waals surface area contributed by atoms with Gasteiger partial charge in [0.25, 0.3) is 11.5 Å². The number of nitrogens with zero attached hydrogens (tertiary/aromatic N) is 2. The van der Waals surface area contributed by atoms with Crippen molar-refractivity contribution in [1.82, 2.24) is 14.8 Å². The number of anilines is 1. The molecule has 8 heteroatoms. The summed E-state index contributed by atoms with van der Waals surface area (Å²) in [5.41, 5.74) is 2.27. The highest BCUT2D eigenvalue weighted by Gasteiger charge is 2.20. The number of hydrogen-bond donors (Lipinski definition) is 2. The number of ether oxygens (including phenoxy) is 2. The Kier molecular flexibility index (Phi) is 11.1. The number of aromatic nitrogens is 3. The van der Waals surface area contributed by atoms with E-state index in [2.05, 4.69) is 10.3 Å². The average Bonchev–Trinajstić information content (AvgIpc) is 3.81. The van der Waals surface area contributed by atoms with E-state index < -0.39 is 0 Å². The van der Waals surface area contributed by atoms with Crippen molar-refractivity contribution in [3.8, 4) is 5.75 Å². The highest BCUT2D eigenvalue weighted by atomic mass is 16.5. The molecule has 1 amide bonds. The molecule has 2 aromatic heterocycles. The smallest absolute Gasteiger partial charge is 0.271 e. The molecule has 0 spiro atoms. The molecule has 0 atom stereocenters. The molecule has 0 saturated heterocycles. The predicted octanol–water partition coefficient (Wildman–Crippen LogP) is 7.27. The third-order valence-corrected chi connectivity index (χ3v) is 6.75. The maximum Gasteiger partial charge on any atom is 0.271 e. The maximum absolute atomic E-state index is 12.9. The van der Waals surface area contributed by atoms with E-state index in [0.717, 1.165) is 23.7 Å². The Hall–Kier alpha value is -3.91. The summed E-state index contributed by atoms with van der Waals surface area (Å²) in [7, 11) is 1.70. The lowest BCUT2D eigenvalue weighted by Crippen LogP contribution is -2.20. The fourth-order valence-electron chi connectivity index (χ4n) is 4.58. The highest BCUT2D eigenvalue weighted by molar-refractivity contribution is 6.08. The summed E-state index contributed by atoms with van der Waals surface area (Å²) in [5, 5.41) is 8.33. The monoisotopic (exact) mass is 558 g/mol. The van der Waals surface area contributed by atoms with Crippen LogP contribution in [-0.4, -0.2) is 33.9 Å². The van der Waals surface area contributed by atoms with Crippen LogP contribution in [0.1, 0.15) is 87.2 Å². The summed E-state index contributed by atoms with van der Waals surface area (Å²) < 4.78 is 12.9. The normalized spacial score (nSPS) is 14.4. The van der Waals surface area contributed by atoms with Crippen LogP contribution in [0.5, 0.6) is 5.75 Å². The molecule has 0 bridgehead atoms. The van der Waals surface area contributed by atoms with Crippen molar-refractivity contribution in [3.05, 3.63) is 88.5 Å². The van der Waals surface area contributed by atoms with Gasteiger partial charge >= 0.3 is 0 Å². The Bertz CT molecular complexity index is 1430. The fourth-order valence-corrected chi connectivity index (χ4v) is 4.58. The highest BCUT2D eigenvalue weighted by Crippen LogP contribution is 2.31. The van der Waals surface area contributed by atoms with E-state index in [4.69, 9.17) is 14.6 Å². The molecule has 0 radical (unpaired) electrons. The van der Waals surface area contributed by atoms with E-state index >= 15 is 0 Å². The molecule has 2 aliphatic carbocycles. The quantitative estimate of drug-likeness (QED) is 0.249. The van der Waals surface area contributed by atoms with E-state index in [1.165, 1.54) is 50.3 Å². The summed E-state index contributed by atoms with van der Waals surface area (Å²) >= 11 is 0. The Balaban J connectivity index is 0.000000266. The molecule has 0 aliphatic heterocycles. The van der Waals surface area contributed by atoms with Crippen LogP contribution >= 0.6 is 0 Å². The lowest BCUT2D eigenvalue weighted by atomic mass is 9.96. The van der Waals surface area contributed by atoms with Crippen molar-refractivity contribution in [2.24, 2.45) is 0 Å². The predicted molar refractivity (Wildman–Crippen MR) is 164 cm³/mol. The lowest BCUT2D eigenvalue weighted by molar-refractivity contribution is 0.102. The first-order valence-corrected chi connectivity index (χ1v) is 14.7. The molecule has 0 unspecified atom stereocenters. The van der Waals surface area contributed by atoms with Gasteiger partial charge in [-0.15, -0.1) is 0 Å². The number of carbonyl (C=O) groups excluding carboxylic acids is 1. The van der Waals surface area contributed by atoms with Crippen LogP contribution in [-0.2, 0) is 11.3 Å². The zero-order valence-corrected chi connectivity index (χ0v) is 24.4. The number of benzene rings is 2. The first kappa shape index (κ1) is 30.1. The fraction of sp³-hybridized carbons (Fsp3) is 0.424. The molecule has 218 valence electrons. The van der Waals surface area contributed by atoms with E-state index in [9.17, 15) is 9.59 Å². The molecule has 8 nitrogen and oxygen atoms in total. The number of amides is 1. The molecule has 41 heavy (non-hydrogen) atoms. The van der Waals surface area contributed by atoms with Crippen molar-refractivity contribution < 1.29 is 14.3 Å². The molecule has 2 heterocycles. The van der Waals surface area contributed by atoms with Crippen molar-refractivity contribution in [1.29, 1.82) is 0 Å². The molecule has 2 N–H and O–H groups in total. The van der Waals surface area contributed by atoms with Crippen LogP contribution < -0.4 is 15.6 Å². The van der Waals surface area contributed by atoms with Crippen LogP contribution in [0.15, 0.2) is 71.8 Å². The molecular weight excluding hydrogens is 516 g/mol. The van der Waals surface area contributed by atoms with E-state index in [1.54, 1.807) is 25.3 Å². The van der Waals surface area contributed by atoms with Crippen molar-refractivity contribution in [3.63, 3.8) is 0 Å². The summed E-state index contributed by atoms with van der Waals surface area (Å²) in [5.74, 6) is 0.0796. The number of pyridine rings is 1. The SMILES string of the molecule is C1CC1.CC(C)Oc1cc2nn(C3CCCCC3)cc2cc1C(=O)Nc1ccc[nH]c1=O.COCc1ccccc1. The lowest BCUT2D eigenvalue weighted by Gasteiger charge is -2.21. The van der Waals surface area contributed by atoms with Gasteiger partial charge in [-0.3, -0.25) is 14.3 Å². The van der Waals surface area contributed by atoms with Gasteiger partial charge in [-0.2, -0.15) is 5.10 Å². The number of H-pyrrole nitrogens is 1. The van der Waals surface area contributed by atoms with Crippen LogP contribution in [0.2, 0.25) is 0 Å². The Labute approximate surface area is 242 Å². The van der Waals surface area contributed by atoms with Gasteiger partial charge in [0.05, 0.1) is 29.8 Å². The Morgan fingerprint density at radius 1 is 1.02 bits per heavy atom. The van der Waals surface area contributed by atoms with Crippen LogP contribution in [0, 0.1) is 0 Å². The second-order valence-electron chi connectivity index (χ2n) is 10.8. The molecule has 2 saturated carbocycles. The van der Waals surface area contributed by atoms with Gasteiger partial charge in [0.1, 0.15) is 11.4 Å². The Morgan fingerprint density at radius 2 is 1.73 bits per heavy atom. The van der Waals surface area contributed by atoms with E-state index in [1.807, 2.05) is 61.1 Å². The summed E-state index contributed by atoms with van der Waals surface area (Å²) in [4.78, 5) is 27.4. The van der Waals surface area contributed by atoms with Crippen molar-refractivity contribution >= 4 is 22.5 Å². The number of methoxy groups -OCH3 is 1.